The van der Waals surface area contributed by atoms with E-state index >= 15 is 0 Å². The molecule has 1 atom stereocenters. The fourth-order valence-electron chi connectivity index (χ4n) is 2.79. The summed E-state index contributed by atoms with van der Waals surface area (Å²) in [6.07, 6.45) is 0. The second-order valence-electron chi connectivity index (χ2n) is 6.18. The van der Waals surface area contributed by atoms with E-state index in [0.29, 0.717) is 12.2 Å². The lowest BCUT2D eigenvalue weighted by Crippen LogP contribution is -2.23. The predicted molar refractivity (Wildman–Crippen MR) is 98.7 cm³/mol. The highest BCUT2D eigenvalue weighted by molar-refractivity contribution is 5.93. The Hall–Kier alpha value is -2.57. The van der Waals surface area contributed by atoms with Crippen LogP contribution in [0.2, 0.25) is 0 Å². The fraction of sp³-hybridized carbons (Fsp3) is 0.316. The van der Waals surface area contributed by atoms with E-state index in [1.54, 1.807) is 6.07 Å². The molecule has 4 N–H and O–H groups in total. The minimum Gasteiger partial charge on any atom is -0.492 e. The third-order valence-electron chi connectivity index (χ3n) is 4.49. The summed E-state index contributed by atoms with van der Waals surface area (Å²) in [5.41, 5.74) is 15.3. The smallest absolute Gasteiger partial charge is 0.248 e. The molecule has 6 nitrogen and oxygen atoms in total. The van der Waals surface area contributed by atoms with Crippen LogP contribution in [0, 0.1) is 0 Å². The first-order chi connectivity index (χ1) is 12.1. The lowest BCUT2D eigenvalue weighted by atomic mass is 9.97. The predicted octanol–water partition coefficient (Wildman–Crippen LogP) is 2.14. The van der Waals surface area contributed by atoms with Gasteiger partial charge in [-0.25, -0.2) is 5.43 Å². The van der Waals surface area contributed by atoms with Gasteiger partial charge in [0.25, 0.3) is 0 Å². The summed E-state index contributed by atoms with van der Waals surface area (Å²) in [6, 6.07) is 13.4. The first kappa shape index (κ1) is 17.3. The molecule has 0 spiro atoms. The number of rotatable bonds is 7. The van der Waals surface area contributed by atoms with Crippen molar-refractivity contribution in [1.29, 1.82) is 0 Å². The molecule has 6 heteroatoms. The van der Waals surface area contributed by atoms with Gasteiger partial charge in [-0.3, -0.25) is 4.79 Å². The van der Waals surface area contributed by atoms with Gasteiger partial charge in [-0.2, -0.15) is 0 Å². The van der Waals surface area contributed by atoms with E-state index in [1.807, 2.05) is 36.4 Å². The van der Waals surface area contributed by atoms with E-state index in [2.05, 4.69) is 29.7 Å². The van der Waals surface area contributed by atoms with Crippen molar-refractivity contribution >= 4 is 11.6 Å². The van der Waals surface area contributed by atoms with Crippen LogP contribution in [0.15, 0.2) is 42.5 Å². The zero-order valence-corrected chi connectivity index (χ0v) is 14.6. The van der Waals surface area contributed by atoms with Crippen LogP contribution >= 0.6 is 0 Å². The number of likely N-dealkylation sites (N-methyl/N-ethyl adjacent to an activating group) is 1. The molecule has 0 aromatic heterocycles. The number of fused-ring (bicyclic) bond motifs is 1. The van der Waals surface area contributed by atoms with Gasteiger partial charge in [0, 0.05) is 17.7 Å². The first-order valence-corrected chi connectivity index (χ1v) is 8.45. The SMILES string of the molecule is CCN(C)CCOc1ccc(C2NNc3ccc(C(N)=O)cc32)cc1. The Morgan fingerprint density at radius 3 is 2.68 bits per heavy atom. The molecule has 0 saturated carbocycles. The number of anilines is 1. The number of hydrogen-bond acceptors (Lipinski definition) is 5. The zero-order valence-electron chi connectivity index (χ0n) is 14.6. The van der Waals surface area contributed by atoms with Gasteiger partial charge < -0.3 is 20.8 Å². The molecule has 3 rings (SSSR count). The van der Waals surface area contributed by atoms with Crippen molar-refractivity contribution in [3.05, 3.63) is 59.2 Å². The summed E-state index contributed by atoms with van der Waals surface area (Å²) in [5.74, 6) is 0.430. The molecule has 0 saturated heterocycles. The molecular weight excluding hydrogens is 316 g/mol. The molecule has 1 unspecified atom stereocenters. The van der Waals surface area contributed by atoms with Crippen molar-refractivity contribution in [2.75, 3.05) is 32.2 Å². The van der Waals surface area contributed by atoms with Gasteiger partial charge in [0.05, 0.1) is 11.7 Å². The van der Waals surface area contributed by atoms with Crippen LogP contribution in [0.5, 0.6) is 5.75 Å². The van der Waals surface area contributed by atoms with Gasteiger partial charge in [-0.1, -0.05) is 19.1 Å². The van der Waals surface area contributed by atoms with Gasteiger partial charge in [0.2, 0.25) is 5.91 Å². The van der Waals surface area contributed by atoms with Crippen LogP contribution in [0.25, 0.3) is 0 Å². The van der Waals surface area contributed by atoms with Crippen molar-refractivity contribution in [3.8, 4) is 5.75 Å². The average Bonchev–Trinajstić information content (AvgIpc) is 3.05. The number of primary amides is 1. The number of carbonyl (C=O) groups excluding carboxylic acids is 1. The summed E-state index contributed by atoms with van der Waals surface area (Å²) in [7, 11) is 2.07. The van der Waals surface area contributed by atoms with E-state index < -0.39 is 5.91 Å². The van der Waals surface area contributed by atoms with Crippen molar-refractivity contribution in [2.24, 2.45) is 5.73 Å². The van der Waals surface area contributed by atoms with Crippen LogP contribution in [-0.2, 0) is 0 Å². The standard InChI is InChI=1S/C19H24N4O2/c1-3-23(2)10-11-25-15-7-4-13(5-8-15)18-16-12-14(19(20)24)6-9-17(16)21-22-18/h4-9,12,18,21-22H,3,10-11H2,1-2H3,(H2,20,24). The number of hydrazine groups is 1. The van der Waals surface area contributed by atoms with E-state index in [9.17, 15) is 4.79 Å². The van der Waals surface area contributed by atoms with E-state index in [0.717, 1.165) is 35.7 Å². The summed E-state index contributed by atoms with van der Waals surface area (Å²) < 4.78 is 5.78. The van der Waals surface area contributed by atoms with Crippen molar-refractivity contribution < 1.29 is 9.53 Å². The Bertz CT molecular complexity index is 746. The Morgan fingerprint density at radius 1 is 1.24 bits per heavy atom. The Kier molecular flexibility index (Phi) is 5.21. The van der Waals surface area contributed by atoms with Gasteiger partial charge in [-0.15, -0.1) is 0 Å². The molecule has 0 bridgehead atoms. The third-order valence-corrected chi connectivity index (χ3v) is 4.49. The number of benzene rings is 2. The molecule has 1 amide bonds. The highest BCUT2D eigenvalue weighted by atomic mass is 16.5. The number of amides is 1. The second-order valence-corrected chi connectivity index (χ2v) is 6.18. The van der Waals surface area contributed by atoms with Crippen molar-refractivity contribution in [3.63, 3.8) is 0 Å². The topological polar surface area (TPSA) is 79.6 Å². The lowest BCUT2D eigenvalue weighted by Gasteiger charge is -2.15. The Labute approximate surface area is 147 Å². The van der Waals surface area contributed by atoms with Gasteiger partial charge in [0.15, 0.2) is 0 Å². The van der Waals surface area contributed by atoms with E-state index in [4.69, 9.17) is 10.5 Å². The number of hydrogen-bond donors (Lipinski definition) is 3. The molecular formula is C19H24N4O2. The number of carbonyl (C=O) groups is 1. The maximum absolute atomic E-state index is 11.4. The average molecular weight is 340 g/mol. The number of nitrogens with two attached hydrogens (primary N) is 1. The summed E-state index contributed by atoms with van der Waals surface area (Å²) >= 11 is 0. The fourth-order valence-corrected chi connectivity index (χ4v) is 2.79. The van der Waals surface area contributed by atoms with Crippen LogP contribution < -0.4 is 21.3 Å². The molecule has 1 aliphatic heterocycles. The molecule has 1 aliphatic rings. The summed E-state index contributed by atoms with van der Waals surface area (Å²) in [5, 5.41) is 0. The molecule has 0 fully saturated rings. The minimum atomic E-state index is -0.422. The second kappa shape index (κ2) is 7.55. The number of ether oxygens (including phenoxy) is 1. The first-order valence-electron chi connectivity index (χ1n) is 8.45. The normalized spacial score (nSPS) is 15.7. The quantitative estimate of drug-likeness (QED) is 0.720. The monoisotopic (exact) mass is 340 g/mol. The van der Waals surface area contributed by atoms with E-state index in [-0.39, 0.29) is 6.04 Å². The van der Waals surface area contributed by atoms with Crippen molar-refractivity contribution in [2.45, 2.75) is 13.0 Å². The van der Waals surface area contributed by atoms with Crippen molar-refractivity contribution in [1.82, 2.24) is 10.3 Å². The molecule has 2 aromatic carbocycles. The Morgan fingerprint density at radius 2 is 2.00 bits per heavy atom. The molecule has 25 heavy (non-hydrogen) atoms. The molecule has 1 heterocycles. The highest BCUT2D eigenvalue weighted by Gasteiger charge is 2.24. The molecule has 132 valence electrons. The van der Waals surface area contributed by atoms with Crippen LogP contribution in [0.3, 0.4) is 0 Å². The third kappa shape index (κ3) is 3.92. The molecule has 0 aliphatic carbocycles. The van der Waals surface area contributed by atoms with Crippen LogP contribution in [-0.4, -0.2) is 37.6 Å². The van der Waals surface area contributed by atoms with Gasteiger partial charge in [-0.05, 0) is 49.5 Å². The Balaban J connectivity index is 1.70. The number of nitrogens with zero attached hydrogens (tertiary/aromatic N) is 1. The summed E-state index contributed by atoms with van der Waals surface area (Å²) in [4.78, 5) is 13.6. The largest absolute Gasteiger partial charge is 0.492 e. The van der Waals surface area contributed by atoms with Gasteiger partial charge in [0.1, 0.15) is 12.4 Å². The van der Waals surface area contributed by atoms with E-state index in [1.165, 1.54) is 0 Å². The number of nitrogens with one attached hydrogen (secondary N) is 2. The highest BCUT2D eigenvalue weighted by Crippen LogP contribution is 2.34. The molecule has 2 aromatic rings. The van der Waals surface area contributed by atoms with Crippen LogP contribution in [0.4, 0.5) is 5.69 Å². The molecule has 0 radical (unpaired) electrons. The lowest BCUT2D eigenvalue weighted by molar-refractivity contribution is 0.1000. The zero-order chi connectivity index (χ0) is 17.8. The van der Waals surface area contributed by atoms with Crippen LogP contribution in [0.1, 0.15) is 34.5 Å². The summed E-state index contributed by atoms with van der Waals surface area (Å²) in [6.45, 7) is 4.70. The maximum Gasteiger partial charge on any atom is 0.248 e. The maximum atomic E-state index is 11.4. The van der Waals surface area contributed by atoms with Gasteiger partial charge >= 0.3 is 0 Å². The minimum absolute atomic E-state index is 0.0328.